The minimum absolute atomic E-state index is 0.00505. The zero-order chi connectivity index (χ0) is 10.1. The van der Waals surface area contributed by atoms with Gasteiger partial charge in [0.2, 0.25) is 0 Å². The predicted molar refractivity (Wildman–Crippen MR) is 48.6 cm³/mol. The van der Waals surface area contributed by atoms with Crippen molar-refractivity contribution in [3.8, 4) is 0 Å². The largest absolute Gasteiger partial charge is 0.398 e. The minimum Gasteiger partial charge on any atom is -0.398 e. The number of nitrogen functional groups attached to an aromatic ring is 1. The van der Waals surface area contributed by atoms with Gasteiger partial charge in [-0.3, -0.25) is 4.55 Å². The molecule has 0 heterocycles. The molecule has 6 heteroatoms. The number of benzene rings is 1. The molecule has 0 unspecified atom stereocenters. The van der Waals surface area contributed by atoms with Crippen LogP contribution in [0.15, 0.2) is 23.1 Å². The molecule has 0 aromatic heterocycles. The van der Waals surface area contributed by atoms with E-state index in [-0.39, 0.29) is 17.1 Å². The average Bonchev–Trinajstić information content (AvgIpc) is 2.01. The summed E-state index contributed by atoms with van der Waals surface area (Å²) in [6.45, 7) is 0.274. The van der Waals surface area contributed by atoms with E-state index in [4.69, 9.17) is 16.0 Å². The second-order valence-corrected chi connectivity index (χ2v) is 3.94. The second-order valence-electron chi connectivity index (χ2n) is 2.55. The predicted octanol–water partition coefficient (Wildman–Crippen LogP) is -0.0258. The third kappa shape index (κ3) is 2.18. The van der Waals surface area contributed by atoms with E-state index >= 15 is 0 Å². The van der Waals surface area contributed by atoms with Crippen LogP contribution in [0, 0.1) is 0 Å². The Hall–Kier alpha value is -1.11. The van der Waals surface area contributed by atoms with Crippen LogP contribution in [0.4, 0.5) is 5.69 Å². The van der Waals surface area contributed by atoms with Crippen LogP contribution in [-0.2, 0) is 16.7 Å². The molecule has 5 N–H and O–H groups in total. The van der Waals surface area contributed by atoms with Crippen LogP contribution < -0.4 is 11.5 Å². The van der Waals surface area contributed by atoms with Crippen LogP contribution in [0.2, 0.25) is 0 Å². The van der Waals surface area contributed by atoms with Crippen molar-refractivity contribution in [2.75, 3.05) is 5.73 Å². The summed E-state index contributed by atoms with van der Waals surface area (Å²) in [6, 6.07) is 4.15. The van der Waals surface area contributed by atoms with Gasteiger partial charge in [0.25, 0.3) is 10.1 Å². The first-order valence-electron chi connectivity index (χ1n) is 3.51. The first-order chi connectivity index (χ1) is 5.95. The van der Waals surface area contributed by atoms with Crippen LogP contribution in [0.1, 0.15) is 5.56 Å². The highest BCUT2D eigenvalue weighted by molar-refractivity contribution is 7.86. The molecule has 0 saturated carbocycles. The molecular weight excluding hydrogens is 192 g/mol. The van der Waals surface area contributed by atoms with E-state index in [0.29, 0.717) is 5.56 Å². The number of hydrogen-bond donors (Lipinski definition) is 3. The quantitative estimate of drug-likeness (QED) is 0.461. The molecule has 0 amide bonds. The number of anilines is 1. The van der Waals surface area contributed by atoms with Crippen LogP contribution in [0.25, 0.3) is 0 Å². The Kier molecular flexibility index (Phi) is 2.55. The highest BCUT2D eigenvalue weighted by Gasteiger charge is 2.13. The summed E-state index contributed by atoms with van der Waals surface area (Å²) < 4.78 is 30.1. The molecule has 1 aromatic rings. The SMILES string of the molecule is NCc1ccc(S(=O)(=O)O)c(N)c1. The van der Waals surface area contributed by atoms with Crippen LogP contribution in [0.3, 0.4) is 0 Å². The van der Waals surface area contributed by atoms with Crippen molar-refractivity contribution >= 4 is 15.8 Å². The van der Waals surface area contributed by atoms with Crippen molar-refractivity contribution in [2.24, 2.45) is 5.73 Å². The fourth-order valence-corrected chi connectivity index (χ4v) is 1.56. The van der Waals surface area contributed by atoms with Gasteiger partial charge in [-0.25, -0.2) is 0 Å². The van der Waals surface area contributed by atoms with E-state index in [2.05, 4.69) is 0 Å². The van der Waals surface area contributed by atoms with Crippen molar-refractivity contribution in [3.63, 3.8) is 0 Å². The molecule has 0 bridgehead atoms. The lowest BCUT2D eigenvalue weighted by Gasteiger charge is -2.03. The van der Waals surface area contributed by atoms with Gasteiger partial charge in [0, 0.05) is 6.54 Å². The third-order valence-electron chi connectivity index (χ3n) is 1.59. The smallest absolute Gasteiger partial charge is 0.296 e. The van der Waals surface area contributed by atoms with Crippen LogP contribution in [-0.4, -0.2) is 13.0 Å². The molecule has 0 radical (unpaired) electrons. The fourth-order valence-electron chi connectivity index (χ4n) is 0.960. The van der Waals surface area contributed by atoms with Crippen molar-refractivity contribution in [3.05, 3.63) is 23.8 Å². The van der Waals surface area contributed by atoms with Gasteiger partial charge in [0.1, 0.15) is 4.90 Å². The zero-order valence-electron chi connectivity index (χ0n) is 6.77. The van der Waals surface area contributed by atoms with E-state index in [1.807, 2.05) is 0 Å². The average molecular weight is 202 g/mol. The summed E-state index contributed by atoms with van der Waals surface area (Å²) in [7, 11) is -4.22. The summed E-state index contributed by atoms with van der Waals surface area (Å²) in [6.07, 6.45) is 0. The molecule has 1 rings (SSSR count). The van der Waals surface area contributed by atoms with Gasteiger partial charge in [-0.2, -0.15) is 8.42 Å². The number of hydrogen-bond acceptors (Lipinski definition) is 4. The standard InChI is InChI=1S/C7H10N2O3S/c8-4-5-1-2-7(6(9)3-5)13(10,11)12/h1-3H,4,8-9H2,(H,10,11,12). The molecule has 0 atom stereocenters. The molecule has 0 aliphatic heterocycles. The summed E-state index contributed by atoms with van der Waals surface area (Å²) in [4.78, 5) is -0.287. The topological polar surface area (TPSA) is 106 Å². The van der Waals surface area contributed by atoms with E-state index in [1.165, 1.54) is 18.2 Å². The molecule has 0 aliphatic carbocycles. The monoisotopic (exact) mass is 202 g/mol. The van der Waals surface area contributed by atoms with Gasteiger partial charge in [-0.15, -0.1) is 0 Å². The normalized spacial score (nSPS) is 11.5. The second kappa shape index (κ2) is 3.33. The van der Waals surface area contributed by atoms with E-state index in [0.717, 1.165) is 0 Å². The van der Waals surface area contributed by atoms with Gasteiger partial charge in [0.05, 0.1) is 5.69 Å². The van der Waals surface area contributed by atoms with Crippen molar-refractivity contribution in [2.45, 2.75) is 11.4 Å². The molecule has 1 aromatic carbocycles. The lowest BCUT2D eigenvalue weighted by atomic mass is 10.2. The Bertz CT molecular complexity index is 414. The molecule has 0 spiro atoms. The van der Waals surface area contributed by atoms with Gasteiger partial charge in [-0.05, 0) is 17.7 Å². The number of nitrogens with two attached hydrogens (primary N) is 2. The van der Waals surface area contributed by atoms with E-state index < -0.39 is 10.1 Å². The Balaban J connectivity index is 3.29. The zero-order valence-corrected chi connectivity index (χ0v) is 7.58. The maximum absolute atomic E-state index is 10.7. The van der Waals surface area contributed by atoms with Crippen molar-refractivity contribution in [1.29, 1.82) is 0 Å². The maximum atomic E-state index is 10.7. The highest BCUT2D eigenvalue weighted by atomic mass is 32.2. The van der Waals surface area contributed by atoms with Gasteiger partial charge in [0.15, 0.2) is 0 Å². The van der Waals surface area contributed by atoms with Gasteiger partial charge < -0.3 is 11.5 Å². The summed E-state index contributed by atoms with van der Waals surface area (Å²) in [5, 5.41) is 0. The van der Waals surface area contributed by atoms with Crippen molar-refractivity contribution in [1.82, 2.24) is 0 Å². The fraction of sp³-hybridized carbons (Fsp3) is 0.143. The third-order valence-corrected chi connectivity index (χ3v) is 2.52. The molecule has 5 nitrogen and oxygen atoms in total. The first kappa shape index (κ1) is 9.97. The van der Waals surface area contributed by atoms with E-state index in [1.54, 1.807) is 0 Å². The lowest BCUT2D eigenvalue weighted by Crippen LogP contribution is -2.05. The molecule has 72 valence electrons. The molecule has 13 heavy (non-hydrogen) atoms. The maximum Gasteiger partial charge on any atom is 0.296 e. The first-order valence-corrected chi connectivity index (χ1v) is 4.95. The Labute approximate surface area is 76.1 Å². The van der Waals surface area contributed by atoms with E-state index in [9.17, 15) is 8.42 Å². The van der Waals surface area contributed by atoms with Crippen LogP contribution >= 0.6 is 0 Å². The van der Waals surface area contributed by atoms with Gasteiger partial charge >= 0.3 is 0 Å². The van der Waals surface area contributed by atoms with Gasteiger partial charge in [-0.1, -0.05) is 6.07 Å². The highest BCUT2D eigenvalue weighted by Crippen LogP contribution is 2.18. The minimum atomic E-state index is -4.22. The Morgan fingerprint density at radius 3 is 2.38 bits per heavy atom. The summed E-state index contributed by atoms with van der Waals surface area (Å²) in [5.74, 6) is 0. The molecular formula is C7H10N2O3S. The van der Waals surface area contributed by atoms with Crippen LogP contribution in [0.5, 0.6) is 0 Å². The number of rotatable bonds is 2. The molecule has 0 saturated heterocycles. The molecule has 0 fully saturated rings. The summed E-state index contributed by atoms with van der Waals surface area (Å²) in [5.41, 5.74) is 11.4. The van der Waals surface area contributed by atoms with Crippen molar-refractivity contribution < 1.29 is 13.0 Å². The summed E-state index contributed by atoms with van der Waals surface area (Å²) >= 11 is 0. The Morgan fingerprint density at radius 2 is 2.00 bits per heavy atom. The molecule has 0 aliphatic rings. The Morgan fingerprint density at radius 1 is 1.38 bits per heavy atom. The lowest BCUT2D eigenvalue weighted by molar-refractivity contribution is 0.483.